The number of hydrogen-bond acceptors (Lipinski definition) is 4. The van der Waals surface area contributed by atoms with Gasteiger partial charge in [-0.25, -0.2) is 4.79 Å². The van der Waals surface area contributed by atoms with E-state index in [2.05, 4.69) is 10.6 Å². The molecule has 0 aliphatic carbocycles. The van der Waals surface area contributed by atoms with Crippen molar-refractivity contribution in [3.05, 3.63) is 53.1 Å². The van der Waals surface area contributed by atoms with Crippen LogP contribution in [-0.2, 0) is 0 Å². The van der Waals surface area contributed by atoms with E-state index in [0.717, 1.165) is 17.7 Å². The van der Waals surface area contributed by atoms with Crippen LogP contribution in [0.1, 0.15) is 24.9 Å². The molecule has 0 aliphatic heterocycles. The summed E-state index contributed by atoms with van der Waals surface area (Å²) in [5.41, 5.74) is 1.67. The Morgan fingerprint density at radius 1 is 1.21 bits per heavy atom. The second kappa shape index (κ2) is 10.8. The van der Waals surface area contributed by atoms with Gasteiger partial charge in [-0.1, -0.05) is 30.7 Å². The Bertz CT molecular complexity index is 783. The van der Waals surface area contributed by atoms with Crippen molar-refractivity contribution in [3.63, 3.8) is 0 Å². The highest BCUT2D eigenvalue weighted by atomic mass is 35.5. The summed E-state index contributed by atoms with van der Waals surface area (Å²) in [6.45, 7) is 3.07. The minimum Gasteiger partial charge on any atom is -0.497 e. The summed E-state index contributed by atoms with van der Waals surface area (Å²) >= 11 is 6.21. The highest BCUT2D eigenvalue weighted by molar-refractivity contribution is 6.32. The van der Waals surface area contributed by atoms with Crippen LogP contribution in [0.3, 0.4) is 0 Å². The van der Waals surface area contributed by atoms with E-state index in [-0.39, 0.29) is 12.1 Å². The largest absolute Gasteiger partial charge is 0.497 e. The molecule has 6 nitrogen and oxygen atoms in total. The van der Waals surface area contributed by atoms with Gasteiger partial charge in [-0.15, -0.1) is 0 Å². The number of carbonyl (C=O) groups is 1. The summed E-state index contributed by atoms with van der Waals surface area (Å²) in [7, 11) is 5.58. The molecule has 0 saturated carbocycles. The van der Waals surface area contributed by atoms with E-state index in [1.54, 1.807) is 25.3 Å². The number of likely N-dealkylation sites (N-methyl/N-ethyl adjacent to an activating group) is 1. The van der Waals surface area contributed by atoms with Crippen molar-refractivity contribution >= 4 is 23.3 Å². The molecule has 1 atom stereocenters. The number of nitrogens with one attached hydrogen (secondary N) is 2. The molecule has 0 aliphatic rings. The fourth-order valence-corrected chi connectivity index (χ4v) is 2.95. The summed E-state index contributed by atoms with van der Waals surface area (Å²) in [4.78, 5) is 14.4. The highest BCUT2D eigenvalue weighted by Crippen LogP contribution is 2.28. The Morgan fingerprint density at radius 2 is 2.00 bits per heavy atom. The van der Waals surface area contributed by atoms with Crippen LogP contribution in [0.2, 0.25) is 5.02 Å². The molecule has 2 amide bonds. The molecule has 0 fully saturated rings. The van der Waals surface area contributed by atoms with Crippen molar-refractivity contribution in [2.45, 2.75) is 19.4 Å². The first-order valence-corrected chi connectivity index (χ1v) is 9.60. The fourth-order valence-electron chi connectivity index (χ4n) is 2.72. The molecule has 7 heteroatoms. The molecular formula is C21H28ClN3O3. The van der Waals surface area contributed by atoms with Crippen LogP contribution < -0.4 is 20.1 Å². The van der Waals surface area contributed by atoms with Crippen molar-refractivity contribution in [1.29, 1.82) is 0 Å². The fraction of sp³-hybridized carbons (Fsp3) is 0.381. The van der Waals surface area contributed by atoms with Crippen LogP contribution in [-0.4, -0.2) is 45.3 Å². The first-order chi connectivity index (χ1) is 13.4. The molecule has 2 rings (SSSR count). The number of rotatable bonds is 9. The van der Waals surface area contributed by atoms with E-state index in [4.69, 9.17) is 21.1 Å². The summed E-state index contributed by atoms with van der Waals surface area (Å²) < 4.78 is 10.8. The third kappa shape index (κ3) is 6.32. The molecule has 2 aromatic carbocycles. The van der Waals surface area contributed by atoms with Crippen molar-refractivity contribution in [3.8, 4) is 11.5 Å². The van der Waals surface area contributed by atoms with Crippen molar-refractivity contribution < 1.29 is 14.3 Å². The third-order valence-electron chi connectivity index (χ3n) is 4.21. The van der Waals surface area contributed by atoms with Gasteiger partial charge >= 0.3 is 6.03 Å². The van der Waals surface area contributed by atoms with Gasteiger partial charge in [-0.2, -0.15) is 0 Å². The minimum atomic E-state index is -0.298. The maximum Gasteiger partial charge on any atom is 0.319 e. The summed E-state index contributed by atoms with van der Waals surface area (Å²) in [6.07, 6.45) is 0.902. The number of urea groups is 1. The Morgan fingerprint density at radius 3 is 2.64 bits per heavy atom. The van der Waals surface area contributed by atoms with Gasteiger partial charge in [-0.05, 0) is 56.4 Å². The number of benzene rings is 2. The summed E-state index contributed by atoms with van der Waals surface area (Å²) in [6, 6.07) is 12.7. The lowest BCUT2D eigenvalue weighted by molar-refractivity contribution is 0.243. The lowest BCUT2D eigenvalue weighted by atomic mass is 10.1. The highest BCUT2D eigenvalue weighted by Gasteiger charge is 2.16. The number of ether oxygens (including phenoxy) is 2. The third-order valence-corrected chi connectivity index (χ3v) is 4.50. The molecule has 0 bridgehead atoms. The predicted molar refractivity (Wildman–Crippen MR) is 114 cm³/mol. The predicted octanol–water partition coefficient (Wildman–Crippen LogP) is 4.56. The smallest absolute Gasteiger partial charge is 0.319 e. The maximum absolute atomic E-state index is 12.3. The SMILES string of the molecule is CCCOc1ccc(NC(=O)NCC(c2cccc(OC)c2)N(C)C)cc1Cl. The molecule has 0 heterocycles. The average molecular weight is 406 g/mol. The van der Waals surface area contributed by atoms with Gasteiger partial charge in [-0.3, -0.25) is 0 Å². The van der Waals surface area contributed by atoms with Crippen LogP contribution in [0.5, 0.6) is 11.5 Å². The second-order valence-corrected chi connectivity index (χ2v) is 6.99. The van der Waals surface area contributed by atoms with E-state index in [9.17, 15) is 4.79 Å². The average Bonchev–Trinajstić information content (AvgIpc) is 2.67. The Balaban J connectivity index is 1.96. The zero-order valence-corrected chi connectivity index (χ0v) is 17.5. The van der Waals surface area contributed by atoms with E-state index in [1.165, 1.54) is 0 Å². The van der Waals surface area contributed by atoms with Gasteiger partial charge in [0.15, 0.2) is 0 Å². The number of carbonyl (C=O) groups excluding carboxylic acids is 1. The monoisotopic (exact) mass is 405 g/mol. The van der Waals surface area contributed by atoms with Crippen LogP contribution >= 0.6 is 11.6 Å². The molecule has 0 saturated heterocycles. The van der Waals surface area contributed by atoms with Crippen LogP contribution in [0.15, 0.2) is 42.5 Å². The van der Waals surface area contributed by atoms with E-state index in [1.807, 2.05) is 50.2 Å². The maximum atomic E-state index is 12.3. The lowest BCUT2D eigenvalue weighted by Gasteiger charge is -2.25. The molecule has 152 valence electrons. The van der Waals surface area contributed by atoms with Gasteiger partial charge < -0.3 is 25.0 Å². The zero-order chi connectivity index (χ0) is 20.5. The number of halogens is 1. The number of hydrogen-bond donors (Lipinski definition) is 2. The van der Waals surface area contributed by atoms with Gasteiger partial charge in [0.1, 0.15) is 11.5 Å². The number of methoxy groups -OCH3 is 1. The van der Waals surface area contributed by atoms with E-state index < -0.39 is 0 Å². The van der Waals surface area contributed by atoms with Crippen molar-refractivity contribution in [2.75, 3.05) is 39.7 Å². The molecule has 2 aromatic rings. The lowest BCUT2D eigenvalue weighted by Crippen LogP contribution is -2.36. The quantitative estimate of drug-likeness (QED) is 0.641. The first-order valence-electron chi connectivity index (χ1n) is 9.22. The molecule has 0 aromatic heterocycles. The topological polar surface area (TPSA) is 62.8 Å². The number of nitrogens with zero attached hydrogens (tertiary/aromatic N) is 1. The summed E-state index contributed by atoms with van der Waals surface area (Å²) in [5, 5.41) is 6.18. The van der Waals surface area contributed by atoms with E-state index >= 15 is 0 Å². The number of anilines is 1. The van der Waals surface area contributed by atoms with Gasteiger partial charge in [0.25, 0.3) is 0 Å². The van der Waals surface area contributed by atoms with Crippen LogP contribution in [0.25, 0.3) is 0 Å². The standard InChI is InChI=1S/C21H28ClN3O3/c1-5-11-28-20-10-9-16(13-18(20)22)24-21(26)23-14-19(25(2)3)15-7-6-8-17(12-15)27-4/h6-10,12-13,19H,5,11,14H2,1-4H3,(H2,23,24,26). The molecule has 28 heavy (non-hydrogen) atoms. The normalized spacial score (nSPS) is 11.8. The molecular weight excluding hydrogens is 378 g/mol. The van der Waals surface area contributed by atoms with Gasteiger partial charge in [0, 0.05) is 12.2 Å². The van der Waals surface area contributed by atoms with Crippen molar-refractivity contribution in [2.24, 2.45) is 0 Å². The van der Waals surface area contributed by atoms with E-state index in [0.29, 0.717) is 29.6 Å². The first kappa shape index (κ1) is 21.9. The van der Waals surface area contributed by atoms with Gasteiger partial charge in [0.05, 0.1) is 24.8 Å². The summed E-state index contributed by atoms with van der Waals surface area (Å²) in [5.74, 6) is 1.40. The van der Waals surface area contributed by atoms with Crippen LogP contribution in [0.4, 0.5) is 10.5 Å². The number of amides is 2. The Kier molecular flexibility index (Phi) is 8.42. The molecule has 1 unspecified atom stereocenters. The van der Waals surface area contributed by atoms with Gasteiger partial charge in [0.2, 0.25) is 0 Å². The van der Waals surface area contributed by atoms with Crippen molar-refractivity contribution in [1.82, 2.24) is 10.2 Å². The Hall–Kier alpha value is -2.44. The molecule has 0 spiro atoms. The van der Waals surface area contributed by atoms with Crippen LogP contribution in [0, 0.1) is 0 Å². The molecule has 2 N–H and O–H groups in total. The molecule has 0 radical (unpaired) electrons. The minimum absolute atomic E-state index is 0.00857. The zero-order valence-electron chi connectivity index (χ0n) is 16.8. The Labute approximate surface area is 171 Å². The second-order valence-electron chi connectivity index (χ2n) is 6.58.